The number of sulfonamides is 1. The summed E-state index contributed by atoms with van der Waals surface area (Å²) in [5.74, 6) is 0.460. The van der Waals surface area contributed by atoms with Crippen LogP contribution >= 0.6 is 0 Å². The Kier molecular flexibility index (Phi) is 8.11. The van der Waals surface area contributed by atoms with E-state index in [1.54, 1.807) is 37.4 Å². The van der Waals surface area contributed by atoms with Crippen LogP contribution in [0.2, 0.25) is 0 Å². The smallest absolute Gasteiger partial charge is 0.264 e. The number of carbonyl (C=O) groups excluding carboxylic acids is 1. The normalized spacial score (nSPS) is 11.1. The van der Waals surface area contributed by atoms with Gasteiger partial charge in [0, 0.05) is 6.54 Å². The summed E-state index contributed by atoms with van der Waals surface area (Å²) in [6.45, 7) is 3.98. The zero-order chi connectivity index (χ0) is 23.8. The second-order valence-corrected chi connectivity index (χ2v) is 9.83. The number of ether oxygens (including phenoxy) is 1. The van der Waals surface area contributed by atoms with Crippen LogP contribution in [0.3, 0.4) is 0 Å². The van der Waals surface area contributed by atoms with Crippen molar-refractivity contribution in [2.24, 2.45) is 0 Å². The van der Waals surface area contributed by atoms with Crippen LogP contribution in [-0.4, -0.2) is 34.5 Å². The summed E-state index contributed by atoms with van der Waals surface area (Å²) >= 11 is 0. The van der Waals surface area contributed by atoms with Crippen molar-refractivity contribution in [1.82, 2.24) is 5.32 Å². The minimum atomic E-state index is -3.90. The molecule has 0 aromatic heterocycles. The fourth-order valence-corrected chi connectivity index (χ4v) is 5.05. The van der Waals surface area contributed by atoms with Gasteiger partial charge in [-0.15, -0.1) is 0 Å². The Hall–Kier alpha value is -3.32. The molecule has 0 saturated heterocycles. The van der Waals surface area contributed by atoms with Crippen molar-refractivity contribution in [2.45, 2.75) is 31.6 Å². The van der Waals surface area contributed by atoms with E-state index >= 15 is 0 Å². The number of hydrogen-bond donors (Lipinski definition) is 1. The molecule has 3 rings (SSSR count). The Morgan fingerprint density at radius 2 is 1.58 bits per heavy atom. The largest absolute Gasteiger partial charge is 0.497 e. The Morgan fingerprint density at radius 3 is 2.18 bits per heavy atom. The van der Waals surface area contributed by atoms with Gasteiger partial charge in [-0.05, 0) is 79.8 Å². The summed E-state index contributed by atoms with van der Waals surface area (Å²) in [5, 5.41) is 2.86. The van der Waals surface area contributed by atoms with Gasteiger partial charge in [-0.1, -0.05) is 36.4 Å². The summed E-state index contributed by atoms with van der Waals surface area (Å²) in [6.07, 6.45) is 1.54. The number of anilines is 1. The summed E-state index contributed by atoms with van der Waals surface area (Å²) in [5.41, 5.74) is 3.48. The first-order valence-electron chi connectivity index (χ1n) is 10.9. The zero-order valence-electron chi connectivity index (χ0n) is 19.2. The number of nitrogens with zero attached hydrogens (tertiary/aromatic N) is 1. The molecule has 0 aliphatic heterocycles. The zero-order valence-corrected chi connectivity index (χ0v) is 20.1. The molecule has 0 saturated carbocycles. The van der Waals surface area contributed by atoms with E-state index in [1.807, 2.05) is 44.2 Å². The topological polar surface area (TPSA) is 75.7 Å². The van der Waals surface area contributed by atoms with Crippen molar-refractivity contribution in [3.8, 4) is 5.75 Å². The van der Waals surface area contributed by atoms with E-state index in [9.17, 15) is 13.2 Å². The van der Waals surface area contributed by atoms with Crippen LogP contribution in [0, 0.1) is 13.8 Å². The maximum atomic E-state index is 13.4. The quantitative estimate of drug-likeness (QED) is 0.453. The van der Waals surface area contributed by atoms with Gasteiger partial charge in [-0.3, -0.25) is 9.10 Å². The van der Waals surface area contributed by atoms with E-state index in [2.05, 4.69) is 5.32 Å². The van der Waals surface area contributed by atoms with Crippen LogP contribution in [0.4, 0.5) is 5.69 Å². The molecule has 0 aliphatic rings. The highest BCUT2D eigenvalue weighted by Gasteiger charge is 2.27. The molecule has 1 amide bonds. The molecule has 0 fully saturated rings. The first-order chi connectivity index (χ1) is 15.8. The SMILES string of the molecule is COc1ccc(CCCNC(=O)CN(c2cc(C)cc(C)c2)S(=O)(=O)c2ccccc2)cc1. The molecule has 0 radical (unpaired) electrons. The first-order valence-corrected chi connectivity index (χ1v) is 12.3. The Bertz CT molecular complexity index is 1160. The molecule has 0 atom stereocenters. The van der Waals surface area contributed by atoms with E-state index in [4.69, 9.17) is 4.74 Å². The Morgan fingerprint density at radius 1 is 0.939 bits per heavy atom. The van der Waals surface area contributed by atoms with Crippen LogP contribution in [0.25, 0.3) is 0 Å². The lowest BCUT2D eigenvalue weighted by Gasteiger charge is -2.25. The van der Waals surface area contributed by atoms with Crippen molar-refractivity contribution in [2.75, 3.05) is 24.5 Å². The van der Waals surface area contributed by atoms with Crippen molar-refractivity contribution < 1.29 is 17.9 Å². The molecule has 174 valence electrons. The van der Waals surface area contributed by atoms with Crippen LogP contribution in [0.15, 0.2) is 77.7 Å². The number of benzene rings is 3. The molecular formula is C26H30N2O4S. The molecule has 3 aromatic carbocycles. The summed E-state index contributed by atoms with van der Waals surface area (Å²) < 4.78 is 33.1. The summed E-state index contributed by atoms with van der Waals surface area (Å²) in [6, 6.07) is 21.5. The molecular weight excluding hydrogens is 436 g/mol. The lowest BCUT2D eigenvalue weighted by Crippen LogP contribution is -2.41. The fourth-order valence-electron chi connectivity index (χ4n) is 3.63. The highest BCUT2D eigenvalue weighted by Crippen LogP contribution is 2.25. The molecule has 0 unspecified atom stereocenters. The third-order valence-corrected chi connectivity index (χ3v) is 7.02. The Labute approximate surface area is 196 Å². The molecule has 1 N–H and O–H groups in total. The molecule has 0 aliphatic carbocycles. The maximum Gasteiger partial charge on any atom is 0.264 e. The van der Waals surface area contributed by atoms with E-state index in [1.165, 1.54) is 16.4 Å². The van der Waals surface area contributed by atoms with Crippen molar-refractivity contribution in [3.05, 3.63) is 89.5 Å². The van der Waals surface area contributed by atoms with E-state index < -0.39 is 10.0 Å². The summed E-state index contributed by atoms with van der Waals surface area (Å²) in [7, 11) is -2.27. The average Bonchev–Trinajstić information content (AvgIpc) is 2.80. The van der Waals surface area contributed by atoms with E-state index in [-0.39, 0.29) is 17.3 Å². The van der Waals surface area contributed by atoms with Gasteiger partial charge in [-0.25, -0.2) is 8.42 Å². The second kappa shape index (κ2) is 11.0. The molecule has 0 spiro atoms. The number of rotatable bonds is 10. The molecule has 6 nitrogen and oxygen atoms in total. The molecule has 0 heterocycles. The lowest BCUT2D eigenvalue weighted by atomic mass is 10.1. The number of carbonyl (C=O) groups is 1. The molecule has 3 aromatic rings. The number of aryl methyl sites for hydroxylation is 3. The van der Waals surface area contributed by atoms with Gasteiger partial charge in [0.1, 0.15) is 12.3 Å². The predicted molar refractivity (Wildman–Crippen MR) is 131 cm³/mol. The minimum Gasteiger partial charge on any atom is -0.497 e. The highest BCUT2D eigenvalue weighted by atomic mass is 32.2. The Balaban J connectivity index is 1.69. The van der Waals surface area contributed by atoms with E-state index in [0.717, 1.165) is 35.3 Å². The van der Waals surface area contributed by atoms with Crippen molar-refractivity contribution >= 4 is 21.6 Å². The van der Waals surface area contributed by atoms with Gasteiger partial charge >= 0.3 is 0 Å². The standard InChI is InChI=1S/C26H30N2O4S/c1-20-16-21(2)18-23(17-20)28(33(30,31)25-9-5-4-6-10-25)19-26(29)27-15-7-8-22-11-13-24(32-3)14-12-22/h4-6,9-14,16-18H,7-8,15,19H2,1-3H3,(H,27,29). The summed E-state index contributed by atoms with van der Waals surface area (Å²) in [4.78, 5) is 12.9. The third-order valence-electron chi connectivity index (χ3n) is 5.24. The highest BCUT2D eigenvalue weighted by molar-refractivity contribution is 7.92. The van der Waals surface area contributed by atoms with Crippen molar-refractivity contribution in [3.63, 3.8) is 0 Å². The molecule has 7 heteroatoms. The fraction of sp³-hybridized carbons (Fsp3) is 0.269. The van der Waals surface area contributed by atoms with Crippen LogP contribution in [0.5, 0.6) is 5.75 Å². The van der Waals surface area contributed by atoms with E-state index in [0.29, 0.717) is 12.2 Å². The third kappa shape index (κ3) is 6.58. The van der Waals surface area contributed by atoms with Gasteiger partial charge in [0.15, 0.2) is 0 Å². The molecule has 0 bridgehead atoms. The number of nitrogens with one attached hydrogen (secondary N) is 1. The average molecular weight is 467 g/mol. The van der Waals surface area contributed by atoms with Gasteiger partial charge in [0.25, 0.3) is 10.0 Å². The van der Waals surface area contributed by atoms with Gasteiger partial charge in [0.2, 0.25) is 5.91 Å². The first kappa shape index (κ1) is 24.3. The molecule has 33 heavy (non-hydrogen) atoms. The van der Waals surface area contributed by atoms with Crippen LogP contribution in [0.1, 0.15) is 23.1 Å². The van der Waals surface area contributed by atoms with Crippen molar-refractivity contribution in [1.29, 1.82) is 0 Å². The lowest BCUT2D eigenvalue weighted by molar-refractivity contribution is -0.119. The van der Waals surface area contributed by atoms with Crippen LogP contribution < -0.4 is 14.4 Å². The number of amides is 1. The maximum absolute atomic E-state index is 13.4. The minimum absolute atomic E-state index is 0.150. The van der Waals surface area contributed by atoms with Gasteiger partial charge in [-0.2, -0.15) is 0 Å². The second-order valence-electron chi connectivity index (χ2n) is 7.97. The van der Waals surface area contributed by atoms with Gasteiger partial charge in [0.05, 0.1) is 17.7 Å². The number of methoxy groups -OCH3 is 1. The monoisotopic (exact) mass is 466 g/mol. The number of hydrogen-bond acceptors (Lipinski definition) is 4. The predicted octanol–water partition coefficient (Wildman–Crippen LogP) is 4.26. The van der Waals surface area contributed by atoms with Crippen LogP contribution in [-0.2, 0) is 21.2 Å². The van der Waals surface area contributed by atoms with Gasteiger partial charge < -0.3 is 10.1 Å².